The number of nitrogens with two attached hydrogens (primary N) is 1. The molecule has 7 heteroatoms. The first-order valence-corrected chi connectivity index (χ1v) is 8.64. The van der Waals surface area contributed by atoms with Crippen LogP contribution in [-0.4, -0.2) is 23.4 Å². The van der Waals surface area contributed by atoms with Crippen LogP contribution in [0, 0.1) is 16.0 Å². The molecule has 0 saturated heterocycles. The molecule has 0 aliphatic heterocycles. The van der Waals surface area contributed by atoms with Gasteiger partial charge in [0, 0.05) is 30.8 Å². The lowest BCUT2D eigenvalue weighted by Crippen LogP contribution is -2.38. The molecule has 7 nitrogen and oxygen atoms in total. The van der Waals surface area contributed by atoms with Crippen molar-refractivity contribution in [2.45, 2.75) is 25.4 Å². The van der Waals surface area contributed by atoms with Gasteiger partial charge >= 0.3 is 0 Å². The summed E-state index contributed by atoms with van der Waals surface area (Å²) in [5.41, 5.74) is 7.49. The Balaban J connectivity index is 1.67. The van der Waals surface area contributed by atoms with Crippen LogP contribution in [-0.2, 0) is 6.54 Å². The van der Waals surface area contributed by atoms with E-state index in [1.54, 1.807) is 12.1 Å². The number of nitrogens with zero attached hydrogens (tertiary/aromatic N) is 1. The van der Waals surface area contributed by atoms with Gasteiger partial charge in [-0.25, -0.2) is 0 Å². The van der Waals surface area contributed by atoms with Crippen molar-refractivity contribution in [1.29, 1.82) is 0 Å². The molecule has 1 aliphatic rings. The number of nitro benzene ring substituents is 1. The summed E-state index contributed by atoms with van der Waals surface area (Å²) in [7, 11) is 0. The van der Waals surface area contributed by atoms with Crippen LogP contribution in [0.5, 0.6) is 0 Å². The normalized spacial score (nSPS) is 14.5. The molecule has 0 bridgehead atoms. The smallest absolute Gasteiger partial charge is 0.293 e. The van der Waals surface area contributed by atoms with Gasteiger partial charge in [-0.05, 0) is 36.5 Å². The van der Waals surface area contributed by atoms with Crippen LogP contribution >= 0.6 is 0 Å². The van der Waals surface area contributed by atoms with Crippen LogP contribution < -0.4 is 16.4 Å². The third-order valence-corrected chi connectivity index (χ3v) is 4.51. The van der Waals surface area contributed by atoms with Gasteiger partial charge < -0.3 is 16.4 Å². The Labute approximate surface area is 151 Å². The third-order valence-electron chi connectivity index (χ3n) is 4.51. The van der Waals surface area contributed by atoms with Crippen LogP contribution in [0.4, 0.5) is 11.4 Å². The Morgan fingerprint density at radius 3 is 2.62 bits per heavy atom. The van der Waals surface area contributed by atoms with Gasteiger partial charge in [0.2, 0.25) is 0 Å². The number of carbonyl (C=O) groups excluding carboxylic acids is 1. The average molecular weight is 354 g/mol. The Hall–Kier alpha value is -2.93. The standard InChI is InChI=1S/C19H22N4O3/c20-16(14-6-7-14)12-22-19(24)15-8-9-17(18(10-15)23(25)26)21-11-13-4-2-1-3-5-13/h1-5,8-10,14,16,21H,6-7,11-12,20H2,(H,22,24). The lowest BCUT2D eigenvalue weighted by molar-refractivity contribution is -0.384. The quantitative estimate of drug-likeness (QED) is 0.499. The number of nitrogens with one attached hydrogen (secondary N) is 2. The Bertz CT molecular complexity index is 791. The second-order valence-corrected chi connectivity index (χ2v) is 6.54. The second-order valence-electron chi connectivity index (χ2n) is 6.54. The van der Waals surface area contributed by atoms with Gasteiger partial charge in [-0.3, -0.25) is 14.9 Å². The van der Waals surface area contributed by atoms with Crippen LogP contribution in [0.1, 0.15) is 28.8 Å². The Morgan fingerprint density at radius 1 is 1.23 bits per heavy atom. The molecule has 1 atom stereocenters. The Kier molecular flexibility index (Phi) is 5.48. The molecule has 136 valence electrons. The molecule has 1 fully saturated rings. The minimum absolute atomic E-state index is 0.0549. The molecule has 0 radical (unpaired) electrons. The van der Waals surface area contributed by atoms with Gasteiger partial charge in [-0.1, -0.05) is 30.3 Å². The summed E-state index contributed by atoms with van der Waals surface area (Å²) in [4.78, 5) is 23.1. The van der Waals surface area contributed by atoms with Gasteiger partial charge in [0.05, 0.1) is 4.92 Å². The van der Waals surface area contributed by atoms with E-state index in [1.165, 1.54) is 6.07 Å². The van der Waals surface area contributed by atoms with Crippen LogP contribution in [0.25, 0.3) is 0 Å². The van der Waals surface area contributed by atoms with E-state index in [-0.39, 0.29) is 23.2 Å². The van der Waals surface area contributed by atoms with Crippen molar-refractivity contribution in [2.24, 2.45) is 11.7 Å². The van der Waals surface area contributed by atoms with Crippen molar-refractivity contribution in [3.63, 3.8) is 0 Å². The fraction of sp³-hybridized carbons (Fsp3) is 0.316. The maximum atomic E-state index is 12.2. The highest BCUT2D eigenvalue weighted by Gasteiger charge is 2.28. The molecular formula is C19H22N4O3. The highest BCUT2D eigenvalue weighted by Crippen LogP contribution is 2.31. The van der Waals surface area contributed by atoms with Gasteiger partial charge in [0.25, 0.3) is 11.6 Å². The number of benzene rings is 2. The minimum Gasteiger partial charge on any atom is -0.375 e. The van der Waals surface area contributed by atoms with Crippen molar-refractivity contribution in [2.75, 3.05) is 11.9 Å². The molecule has 2 aromatic carbocycles. The van der Waals surface area contributed by atoms with E-state index in [4.69, 9.17) is 5.73 Å². The highest BCUT2D eigenvalue weighted by atomic mass is 16.6. The summed E-state index contributed by atoms with van der Waals surface area (Å²) in [5.74, 6) is 0.132. The lowest BCUT2D eigenvalue weighted by Gasteiger charge is -2.12. The van der Waals surface area contributed by atoms with Gasteiger partial charge in [-0.15, -0.1) is 0 Å². The zero-order valence-electron chi connectivity index (χ0n) is 14.4. The van der Waals surface area contributed by atoms with E-state index < -0.39 is 4.92 Å². The van der Waals surface area contributed by atoms with Crippen LogP contribution in [0.2, 0.25) is 0 Å². The SMILES string of the molecule is NC(CNC(=O)c1ccc(NCc2ccccc2)c([N+](=O)[O-])c1)C1CC1. The van der Waals surface area contributed by atoms with Crippen molar-refractivity contribution in [1.82, 2.24) is 5.32 Å². The molecule has 0 aromatic heterocycles. The topological polar surface area (TPSA) is 110 Å². The number of amides is 1. The summed E-state index contributed by atoms with van der Waals surface area (Å²) >= 11 is 0. The van der Waals surface area contributed by atoms with Crippen molar-refractivity contribution in [3.05, 3.63) is 69.8 Å². The summed E-state index contributed by atoms with van der Waals surface area (Å²) in [6, 6.07) is 14.0. The van der Waals surface area contributed by atoms with Crippen LogP contribution in [0.15, 0.2) is 48.5 Å². The molecule has 1 amide bonds. The number of nitro groups is 1. The van der Waals surface area contributed by atoms with Gasteiger partial charge in [0.15, 0.2) is 0 Å². The average Bonchev–Trinajstić information content (AvgIpc) is 3.50. The summed E-state index contributed by atoms with van der Waals surface area (Å²) in [6.07, 6.45) is 2.20. The number of carbonyl (C=O) groups is 1. The molecule has 3 rings (SSSR count). The zero-order valence-corrected chi connectivity index (χ0v) is 14.4. The van der Waals surface area contributed by atoms with Crippen molar-refractivity contribution >= 4 is 17.3 Å². The van der Waals surface area contributed by atoms with E-state index in [0.29, 0.717) is 24.7 Å². The number of hydrogen-bond acceptors (Lipinski definition) is 5. The molecule has 1 saturated carbocycles. The van der Waals surface area contributed by atoms with Gasteiger partial charge in [-0.2, -0.15) is 0 Å². The molecule has 0 heterocycles. The second kappa shape index (κ2) is 7.97. The first-order valence-electron chi connectivity index (χ1n) is 8.64. The first kappa shape index (κ1) is 17.9. The Morgan fingerprint density at radius 2 is 1.96 bits per heavy atom. The molecule has 26 heavy (non-hydrogen) atoms. The molecular weight excluding hydrogens is 332 g/mol. The molecule has 2 aromatic rings. The van der Waals surface area contributed by atoms with E-state index in [2.05, 4.69) is 10.6 Å². The maximum absolute atomic E-state index is 12.2. The van der Waals surface area contributed by atoms with Gasteiger partial charge in [0.1, 0.15) is 5.69 Å². The third kappa shape index (κ3) is 4.58. The summed E-state index contributed by atoms with van der Waals surface area (Å²) < 4.78 is 0. The molecule has 1 aliphatic carbocycles. The van der Waals surface area contributed by atoms with Crippen molar-refractivity contribution < 1.29 is 9.72 Å². The lowest BCUT2D eigenvalue weighted by atomic mass is 10.1. The summed E-state index contributed by atoms with van der Waals surface area (Å²) in [5, 5.41) is 17.2. The minimum atomic E-state index is -0.486. The highest BCUT2D eigenvalue weighted by molar-refractivity contribution is 5.95. The van der Waals surface area contributed by atoms with E-state index in [9.17, 15) is 14.9 Å². The predicted molar refractivity (Wildman–Crippen MR) is 99.9 cm³/mol. The molecule has 1 unspecified atom stereocenters. The number of rotatable bonds is 8. The maximum Gasteiger partial charge on any atom is 0.293 e. The van der Waals surface area contributed by atoms with E-state index in [0.717, 1.165) is 18.4 Å². The van der Waals surface area contributed by atoms with Crippen LogP contribution in [0.3, 0.4) is 0 Å². The molecule has 0 spiro atoms. The number of anilines is 1. The largest absolute Gasteiger partial charge is 0.375 e. The van der Waals surface area contributed by atoms with Crippen molar-refractivity contribution in [3.8, 4) is 0 Å². The first-order chi connectivity index (χ1) is 12.5. The van der Waals surface area contributed by atoms with E-state index in [1.807, 2.05) is 30.3 Å². The summed E-state index contributed by atoms with van der Waals surface area (Å²) in [6.45, 7) is 0.842. The fourth-order valence-corrected chi connectivity index (χ4v) is 2.77. The zero-order chi connectivity index (χ0) is 18.5. The predicted octanol–water partition coefficient (Wildman–Crippen LogP) is 2.67. The van der Waals surface area contributed by atoms with E-state index >= 15 is 0 Å². The fourth-order valence-electron chi connectivity index (χ4n) is 2.77. The molecule has 4 N–H and O–H groups in total. The monoisotopic (exact) mass is 354 g/mol. The number of hydrogen-bond donors (Lipinski definition) is 3.